The molecular weight excluding hydrogens is 270 g/mol. The van der Waals surface area contributed by atoms with Gasteiger partial charge in [0.25, 0.3) is 0 Å². The van der Waals surface area contributed by atoms with Crippen molar-refractivity contribution < 1.29 is 9.53 Å². The Balaban J connectivity index is 3.44. The highest BCUT2D eigenvalue weighted by molar-refractivity contribution is 9.08. The van der Waals surface area contributed by atoms with Crippen LogP contribution in [-0.2, 0) is 16.5 Å². The second kappa shape index (κ2) is 5.66. The average molecular weight is 282 g/mol. The number of rotatable bonds is 3. The van der Waals surface area contributed by atoms with E-state index < -0.39 is 5.97 Å². The molecule has 0 atom stereocenters. The molecule has 0 radical (unpaired) electrons. The van der Waals surface area contributed by atoms with E-state index in [1.165, 1.54) is 7.11 Å². The molecule has 0 fully saturated rings. The van der Waals surface area contributed by atoms with E-state index in [1.54, 1.807) is 6.07 Å². The van der Waals surface area contributed by atoms with Crippen molar-refractivity contribution in [1.82, 2.24) is 0 Å². The van der Waals surface area contributed by atoms with E-state index in [0.29, 0.717) is 22.9 Å². The fourth-order valence-corrected chi connectivity index (χ4v) is 1.85. The van der Waals surface area contributed by atoms with Gasteiger partial charge in [-0.2, -0.15) is 5.26 Å². The Morgan fingerprint density at radius 1 is 1.56 bits per heavy atom. The van der Waals surface area contributed by atoms with E-state index in [4.69, 9.17) is 5.26 Å². The minimum atomic E-state index is -0.464. The van der Waals surface area contributed by atoms with Crippen molar-refractivity contribution >= 4 is 21.9 Å². The molecule has 4 heteroatoms. The van der Waals surface area contributed by atoms with E-state index in [2.05, 4.69) is 26.7 Å². The molecule has 0 bridgehead atoms. The molecule has 0 N–H and O–H groups in total. The zero-order valence-electron chi connectivity index (χ0n) is 9.21. The summed E-state index contributed by atoms with van der Waals surface area (Å²) in [5, 5.41) is 9.72. The lowest BCUT2D eigenvalue weighted by Gasteiger charge is -2.09. The first-order chi connectivity index (χ1) is 7.67. The van der Waals surface area contributed by atoms with Gasteiger partial charge in [0.1, 0.15) is 6.07 Å². The van der Waals surface area contributed by atoms with Crippen molar-refractivity contribution in [2.75, 3.05) is 7.11 Å². The van der Waals surface area contributed by atoms with Crippen LogP contribution in [0.4, 0.5) is 0 Å². The molecule has 1 aromatic rings. The van der Waals surface area contributed by atoms with Gasteiger partial charge >= 0.3 is 5.97 Å². The summed E-state index contributed by atoms with van der Waals surface area (Å²) in [5.41, 5.74) is 2.61. The highest BCUT2D eigenvalue weighted by Crippen LogP contribution is 2.20. The Morgan fingerprint density at radius 2 is 2.25 bits per heavy atom. The molecule has 3 nitrogen and oxygen atoms in total. The number of esters is 1. The number of nitrogens with zero attached hydrogens (tertiary/aromatic N) is 1. The zero-order chi connectivity index (χ0) is 12.1. The van der Waals surface area contributed by atoms with Gasteiger partial charge in [-0.05, 0) is 23.6 Å². The lowest BCUT2D eigenvalue weighted by Crippen LogP contribution is -2.07. The third-order valence-electron chi connectivity index (χ3n) is 2.33. The second-order valence-corrected chi connectivity index (χ2v) is 3.83. The number of carbonyl (C=O) groups is 1. The van der Waals surface area contributed by atoms with Crippen LogP contribution in [0, 0.1) is 11.3 Å². The van der Waals surface area contributed by atoms with Crippen LogP contribution in [0.2, 0.25) is 0 Å². The molecule has 0 heterocycles. The maximum atomic E-state index is 11.5. The van der Waals surface area contributed by atoms with Gasteiger partial charge in [-0.25, -0.2) is 4.79 Å². The van der Waals surface area contributed by atoms with Gasteiger partial charge in [0.05, 0.1) is 18.2 Å². The summed E-state index contributed by atoms with van der Waals surface area (Å²) in [4.78, 5) is 11.5. The Labute approximate surface area is 103 Å². The molecule has 84 valence electrons. The number of alkyl halides is 1. The van der Waals surface area contributed by atoms with Gasteiger partial charge < -0.3 is 4.74 Å². The molecule has 0 aromatic heterocycles. The van der Waals surface area contributed by atoms with Crippen LogP contribution in [-0.4, -0.2) is 13.1 Å². The quantitative estimate of drug-likeness (QED) is 0.632. The SMILES string of the molecule is CCc1cc(CBr)cc(C(=O)OC)c1C#N. The van der Waals surface area contributed by atoms with E-state index in [1.807, 2.05) is 13.0 Å². The molecule has 0 saturated carbocycles. The second-order valence-electron chi connectivity index (χ2n) is 3.27. The van der Waals surface area contributed by atoms with Gasteiger partial charge in [-0.15, -0.1) is 0 Å². The fraction of sp³-hybridized carbons (Fsp3) is 0.333. The van der Waals surface area contributed by atoms with E-state index in [9.17, 15) is 4.79 Å². The average Bonchev–Trinajstić information content (AvgIpc) is 2.35. The predicted molar refractivity (Wildman–Crippen MR) is 64.5 cm³/mol. The number of carbonyl (C=O) groups excluding carboxylic acids is 1. The molecule has 0 aliphatic rings. The van der Waals surface area contributed by atoms with Crippen molar-refractivity contribution in [3.05, 3.63) is 34.4 Å². The van der Waals surface area contributed by atoms with Gasteiger partial charge in [-0.3, -0.25) is 0 Å². The Kier molecular flexibility index (Phi) is 4.51. The number of hydrogen-bond acceptors (Lipinski definition) is 3. The standard InChI is InChI=1S/C12H12BrNO2/c1-3-9-4-8(6-13)5-10(11(9)7-14)12(15)16-2/h4-5H,3,6H2,1-2H3. The smallest absolute Gasteiger partial charge is 0.339 e. The topological polar surface area (TPSA) is 50.1 Å². The number of halogens is 1. The summed E-state index contributed by atoms with van der Waals surface area (Å²) in [5.74, 6) is -0.464. The van der Waals surface area contributed by atoms with Crippen molar-refractivity contribution in [3.63, 3.8) is 0 Å². The Morgan fingerprint density at radius 3 is 2.69 bits per heavy atom. The first kappa shape index (κ1) is 12.7. The van der Waals surface area contributed by atoms with Gasteiger partial charge in [0.15, 0.2) is 0 Å². The summed E-state index contributed by atoms with van der Waals surface area (Å²) in [7, 11) is 1.32. The fourth-order valence-electron chi connectivity index (χ4n) is 1.53. The molecule has 1 rings (SSSR count). The molecular formula is C12H12BrNO2. The zero-order valence-corrected chi connectivity index (χ0v) is 10.8. The van der Waals surface area contributed by atoms with Gasteiger partial charge in [-0.1, -0.05) is 28.9 Å². The molecule has 0 amide bonds. The van der Waals surface area contributed by atoms with E-state index in [0.717, 1.165) is 11.1 Å². The van der Waals surface area contributed by atoms with Gasteiger partial charge in [0.2, 0.25) is 0 Å². The van der Waals surface area contributed by atoms with Gasteiger partial charge in [0, 0.05) is 5.33 Å². The molecule has 1 aromatic carbocycles. The van der Waals surface area contributed by atoms with E-state index >= 15 is 0 Å². The Bertz CT molecular complexity index is 449. The largest absolute Gasteiger partial charge is 0.465 e. The lowest BCUT2D eigenvalue weighted by molar-refractivity contribution is 0.0600. The van der Waals surface area contributed by atoms with Crippen molar-refractivity contribution in [1.29, 1.82) is 5.26 Å². The van der Waals surface area contributed by atoms with Crippen LogP contribution in [0.5, 0.6) is 0 Å². The Hall–Kier alpha value is -1.34. The van der Waals surface area contributed by atoms with Crippen LogP contribution >= 0.6 is 15.9 Å². The van der Waals surface area contributed by atoms with Crippen molar-refractivity contribution in [3.8, 4) is 6.07 Å². The third-order valence-corrected chi connectivity index (χ3v) is 2.98. The first-order valence-electron chi connectivity index (χ1n) is 4.88. The minimum absolute atomic E-state index is 0.346. The van der Waals surface area contributed by atoms with E-state index in [-0.39, 0.29) is 0 Å². The maximum absolute atomic E-state index is 11.5. The molecule has 0 aliphatic heterocycles. The predicted octanol–water partition coefficient (Wildman–Crippen LogP) is 2.80. The molecule has 0 aliphatic carbocycles. The normalized spacial score (nSPS) is 9.62. The van der Waals surface area contributed by atoms with Crippen LogP contribution in [0.1, 0.15) is 34.0 Å². The number of benzene rings is 1. The van der Waals surface area contributed by atoms with Crippen molar-refractivity contribution in [2.45, 2.75) is 18.7 Å². The van der Waals surface area contributed by atoms with Crippen LogP contribution in [0.15, 0.2) is 12.1 Å². The molecule has 0 unspecified atom stereocenters. The summed E-state index contributed by atoms with van der Waals surface area (Å²) in [6.07, 6.45) is 0.716. The highest BCUT2D eigenvalue weighted by Gasteiger charge is 2.16. The number of aryl methyl sites for hydroxylation is 1. The van der Waals surface area contributed by atoms with Crippen molar-refractivity contribution in [2.24, 2.45) is 0 Å². The number of ether oxygens (including phenoxy) is 1. The molecule has 0 spiro atoms. The summed E-state index contributed by atoms with van der Waals surface area (Å²) >= 11 is 3.34. The van der Waals surface area contributed by atoms with Crippen LogP contribution in [0.25, 0.3) is 0 Å². The summed E-state index contributed by atoms with van der Waals surface area (Å²) in [6.45, 7) is 1.95. The number of nitriles is 1. The lowest BCUT2D eigenvalue weighted by atomic mass is 9.97. The maximum Gasteiger partial charge on any atom is 0.339 e. The first-order valence-corrected chi connectivity index (χ1v) is 6.00. The summed E-state index contributed by atoms with van der Waals surface area (Å²) < 4.78 is 4.67. The highest BCUT2D eigenvalue weighted by atomic mass is 79.9. The number of methoxy groups -OCH3 is 1. The molecule has 16 heavy (non-hydrogen) atoms. The molecule has 0 saturated heterocycles. The number of hydrogen-bond donors (Lipinski definition) is 0. The minimum Gasteiger partial charge on any atom is -0.465 e. The third kappa shape index (κ3) is 2.42. The van der Waals surface area contributed by atoms with Crippen LogP contribution < -0.4 is 0 Å². The van der Waals surface area contributed by atoms with Crippen LogP contribution in [0.3, 0.4) is 0 Å². The monoisotopic (exact) mass is 281 g/mol. The summed E-state index contributed by atoms with van der Waals surface area (Å²) in [6, 6.07) is 5.69.